The second kappa shape index (κ2) is 5.10. The van der Waals surface area contributed by atoms with Crippen LogP contribution in [0.2, 0.25) is 0 Å². The van der Waals surface area contributed by atoms with Crippen molar-refractivity contribution in [2.75, 3.05) is 31.2 Å². The fraction of sp³-hybridized carbons (Fsp3) is 0.286. The number of morpholine rings is 1. The lowest BCUT2D eigenvalue weighted by molar-refractivity contribution is 0.122. The number of fused-ring (bicyclic) bond motifs is 1. The first-order chi connectivity index (χ1) is 10.4. The third-order valence-electron chi connectivity index (χ3n) is 3.52. The van der Waals surface area contributed by atoms with Crippen molar-refractivity contribution < 1.29 is 4.74 Å². The molecule has 0 radical (unpaired) electrons. The largest absolute Gasteiger partial charge is 0.378 e. The van der Waals surface area contributed by atoms with Crippen molar-refractivity contribution in [1.29, 1.82) is 0 Å². The van der Waals surface area contributed by atoms with Gasteiger partial charge in [0, 0.05) is 19.3 Å². The summed E-state index contributed by atoms with van der Waals surface area (Å²) < 4.78 is 7.13. The van der Waals surface area contributed by atoms with Gasteiger partial charge in [-0.1, -0.05) is 6.07 Å². The van der Waals surface area contributed by atoms with Crippen molar-refractivity contribution in [3.63, 3.8) is 0 Å². The van der Waals surface area contributed by atoms with Crippen molar-refractivity contribution >= 4 is 16.9 Å². The fourth-order valence-electron chi connectivity index (χ4n) is 2.51. The van der Waals surface area contributed by atoms with Gasteiger partial charge in [-0.25, -0.2) is 15.0 Å². The summed E-state index contributed by atoms with van der Waals surface area (Å²) in [5.74, 6) is 1.66. The molecule has 0 bridgehead atoms. The normalized spacial score (nSPS) is 15.5. The summed E-state index contributed by atoms with van der Waals surface area (Å²) in [5, 5.41) is 5.35. The lowest BCUT2D eigenvalue weighted by Gasteiger charge is -2.27. The Morgan fingerprint density at radius 3 is 2.76 bits per heavy atom. The van der Waals surface area contributed by atoms with Crippen LogP contribution in [-0.2, 0) is 4.74 Å². The number of anilines is 1. The SMILES string of the molecule is c1ccc(-n2ncc3c(N4CCOCC4)ncnc32)nc1. The number of aromatic nitrogens is 5. The molecule has 21 heavy (non-hydrogen) atoms. The summed E-state index contributed by atoms with van der Waals surface area (Å²) in [6.45, 7) is 3.11. The predicted octanol–water partition coefficient (Wildman–Crippen LogP) is 1.05. The smallest absolute Gasteiger partial charge is 0.170 e. The highest BCUT2D eigenvalue weighted by atomic mass is 16.5. The standard InChI is InChI=1S/C14H14N6O/c1-2-4-15-12(3-1)20-14-11(9-18-20)13(16-10-17-14)19-5-7-21-8-6-19/h1-4,9-10H,5-8H2. The van der Waals surface area contributed by atoms with E-state index >= 15 is 0 Å². The van der Waals surface area contributed by atoms with Crippen LogP contribution in [0, 0.1) is 0 Å². The zero-order chi connectivity index (χ0) is 14.1. The van der Waals surface area contributed by atoms with Gasteiger partial charge in [0.2, 0.25) is 0 Å². The van der Waals surface area contributed by atoms with E-state index in [1.807, 2.05) is 18.2 Å². The molecule has 3 aromatic heterocycles. The first-order valence-corrected chi connectivity index (χ1v) is 6.86. The molecule has 1 fully saturated rings. The van der Waals surface area contributed by atoms with Gasteiger partial charge in [-0.2, -0.15) is 9.78 Å². The van der Waals surface area contributed by atoms with E-state index in [1.165, 1.54) is 0 Å². The zero-order valence-electron chi connectivity index (χ0n) is 11.4. The number of pyridine rings is 1. The molecule has 1 aliphatic heterocycles. The lowest BCUT2D eigenvalue weighted by atomic mass is 10.3. The Hall–Kier alpha value is -2.54. The maximum absolute atomic E-state index is 5.39. The summed E-state index contributed by atoms with van der Waals surface area (Å²) in [6, 6.07) is 5.71. The maximum Gasteiger partial charge on any atom is 0.170 e. The molecule has 1 saturated heterocycles. The Morgan fingerprint density at radius 1 is 1.05 bits per heavy atom. The van der Waals surface area contributed by atoms with Crippen LogP contribution in [0.25, 0.3) is 16.9 Å². The van der Waals surface area contributed by atoms with Crippen molar-refractivity contribution in [3.05, 3.63) is 36.9 Å². The fourth-order valence-corrected chi connectivity index (χ4v) is 2.51. The van der Waals surface area contributed by atoms with Crippen LogP contribution < -0.4 is 4.90 Å². The van der Waals surface area contributed by atoms with Crippen LogP contribution in [-0.4, -0.2) is 51.0 Å². The molecule has 0 saturated carbocycles. The molecule has 0 spiro atoms. The molecular weight excluding hydrogens is 268 g/mol. The van der Waals surface area contributed by atoms with E-state index in [2.05, 4.69) is 25.0 Å². The molecular formula is C14H14N6O. The van der Waals surface area contributed by atoms with Crippen molar-refractivity contribution in [2.45, 2.75) is 0 Å². The number of rotatable bonds is 2. The predicted molar refractivity (Wildman–Crippen MR) is 77.5 cm³/mol. The quantitative estimate of drug-likeness (QED) is 0.699. The molecule has 0 N–H and O–H groups in total. The van der Waals surface area contributed by atoms with E-state index in [1.54, 1.807) is 23.4 Å². The minimum absolute atomic E-state index is 0.722. The van der Waals surface area contributed by atoms with Gasteiger partial charge in [0.25, 0.3) is 0 Å². The molecule has 0 amide bonds. The first-order valence-electron chi connectivity index (χ1n) is 6.86. The Balaban J connectivity index is 1.83. The summed E-state index contributed by atoms with van der Waals surface area (Å²) in [7, 11) is 0. The summed E-state index contributed by atoms with van der Waals surface area (Å²) in [6.07, 6.45) is 5.12. The van der Waals surface area contributed by atoms with Gasteiger partial charge in [0.05, 0.1) is 24.8 Å². The molecule has 1 aliphatic rings. The highest BCUT2D eigenvalue weighted by Crippen LogP contribution is 2.24. The third kappa shape index (κ3) is 2.11. The van der Waals surface area contributed by atoms with Crippen LogP contribution >= 0.6 is 0 Å². The summed E-state index contributed by atoms with van der Waals surface area (Å²) in [4.78, 5) is 15.3. The van der Waals surface area contributed by atoms with E-state index in [4.69, 9.17) is 4.74 Å². The van der Waals surface area contributed by atoms with Crippen LogP contribution in [0.4, 0.5) is 5.82 Å². The van der Waals surface area contributed by atoms with E-state index in [9.17, 15) is 0 Å². The van der Waals surface area contributed by atoms with E-state index in [0.717, 1.165) is 49.0 Å². The minimum atomic E-state index is 0.722. The van der Waals surface area contributed by atoms with Gasteiger partial charge in [-0.3, -0.25) is 0 Å². The first kappa shape index (κ1) is 12.2. The van der Waals surface area contributed by atoms with Crippen LogP contribution in [0.5, 0.6) is 0 Å². The van der Waals surface area contributed by atoms with Crippen molar-refractivity contribution in [1.82, 2.24) is 24.7 Å². The Kier molecular flexibility index (Phi) is 2.97. The van der Waals surface area contributed by atoms with Crippen molar-refractivity contribution in [3.8, 4) is 5.82 Å². The monoisotopic (exact) mass is 282 g/mol. The number of nitrogens with zero attached hydrogens (tertiary/aromatic N) is 6. The van der Waals surface area contributed by atoms with Gasteiger partial charge in [0.15, 0.2) is 11.5 Å². The molecule has 106 valence electrons. The molecule has 3 aromatic rings. The molecule has 0 unspecified atom stereocenters. The van der Waals surface area contributed by atoms with Crippen LogP contribution in [0.15, 0.2) is 36.9 Å². The van der Waals surface area contributed by atoms with Gasteiger partial charge in [-0.05, 0) is 12.1 Å². The summed E-state index contributed by atoms with van der Waals surface area (Å²) >= 11 is 0. The van der Waals surface area contributed by atoms with Gasteiger partial charge in [0.1, 0.15) is 12.1 Å². The minimum Gasteiger partial charge on any atom is -0.378 e. The van der Waals surface area contributed by atoms with E-state index in [-0.39, 0.29) is 0 Å². The third-order valence-corrected chi connectivity index (χ3v) is 3.52. The average molecular weight is 282 g/mol. The Bertz CT molecular complexity index is 751. The van der Waals surface area contributed by atoms with E-state index < -0.39 is 0 Å². The molecule has 0 atom stereocenters. The Labute approximate surface area is 121 Å². The zero-order valence-corrected chi connectivity index (χ0v) is 11.4. The van der Waals surface area contributed by atoms with Crippen LogP contribution in [0.3, 0.4) is 0 Å². The highest BCUT2D eigenvalue weighted by Gasteiger charge is 2.18. The molecule has 0 aliphatic carbocycles. The molecule has 4 rings (SSSR count). The lowest BCUT2D eigenvalue weighted by Crippen LogP contribution is -2.36. The van der Waals surface area contributed by atoms with Gasteiger partial charge >= 0.3 is 0 Å². The maximum atomic E-state index is 5.39. The van der Waals surface area contributed by atoms with Gasteiger partial charge in [-0.15, -0.1) is 0 Å². The molecule has 7 heteroatoms. The highest BCUT2D eigenvalue weighted by molar-refractivity contribution is 5.87. The van der Waals surface area contributed by atoms with Crippen molar-refractivity contribution in [2.24, 2.45) is 0 Å². The van der Waals surface area contributed by atoms with Crippen LogP contribution in [0.1, 0.15) is 0 Å². The average Bonchev–Trinajstić information content (AvgIpc) is 3.00. The van der Waals surface area contributed by atoms with E-state index in [0.29, 0.717) is 0 Å². The second-order valence-electron chi connectivity index (χ2n) is 4.78. The molecule has 7 nitrogen and oxygen atoms in total. The topological polar surface area (TPSA) is 69.0 Å². The Morgan fingerprint density at radius 2 is 1.95 bits per heavy atom. The second-order valence-corrected chi connectivity index (χ2v) is 4.78. The summed E-state index contributed by atoms with van der Waals surface area (Å²) in [5.41, 5.74) is 0.769. The van der Waals surface area contributed by atoms with Gasteiger partial charge < -0.3 is 9.64 Å². The molecule has 4 heterocycles. The molecule has 0 aromatic carbocycles. The number of hydrogen-bond acceptors (Lipinski definition) is 6. The number of ether oxygens (including phenoxy) is 1. The number of hydrogen-bond donors (Lipinski definition) is 0.